The molecule has 0 spiro atoms. The van der Waals surface area contributed by atoms with Crippen molar-refractivity contribution in [2.45, 2.75) is 58.0 Å². The normalized spacial score (nSPS) is 25.8. The molecule has 3 atom stereocenters. The van der Waals surface area contributed by atoms with Crippen LogP contribution < -0.4 is 5.73 Å². The molecule has 3 nitrogen and oxygen atoms in total. The average Bonchev–Trinajstić information content (AvgIpc) is 2.33. The van der Waals surface area contributed by atoms with Crippen LogP contribution in [0.5, 0.6) is 0 Å². The van der Waals surface area contributed by atoms with Crippen LogP contribution in [0.1, 0.15) is 46.0 Å². The zero-order chi connectivity index (χ0) is 12.7. The Bertz CT molecular complexity index is 197. The molecular weight excluding hydrogens is 212 g/mol. The van der Waals surface area contributed by atoms with Gasteiger partial charge in [-0.15, -0.1) is 0 Å². The number of nitrogens with zero attached hydrogens (tertiary/aromatic N) is 1. The number of likely N-dealkylation sites (tertiary alicyclic amines) is 1. The van der Waals surface area contributed by atoms with Crippen molar-refractivity contribution in [3.05, 3.63) is 0 Å². The molecule has 0 aromatic heterocycles. The van der Waals surface area contributed by atoms with E-state index in [1.54, 1.807) is 7.11 Å². The van der Waals surface area contributed by atoms with Crippen LogP contribution in [0.4, 0.5) is 0 Å². The number of piperidine rings is 1. The standard InChI is InChI=1S/C14H30N2O/c1-4-7-13-8-5-6-9-16(13)14(10-15)12(2)11-17-3/h12-14H,4-11,15H2,1-3H3. The summed E-state index contributed by atoms with van der Waals surface area (Å²) >= 11 is 0. The fourth-order valence-corrected chi connectivity index (χ4v) is 3.17. The summed E-state index contributed by atoms with van der Waals surface area (Å²) in [5.74, 6) is 0.530. The Hall–Kier alpha value is -0.120. The number of ether oxygens (including phenoxy) is 1. The summed E-state index contributed by atoms with van der Waals surface area (Å²) in [6.07, 6.45) is 6.66. The van der Waals surface area contributed by atoms with Crippen molar-refractivity contribution in [3.63, 3.8) is 0 Å². The van der Waals surface area contributed by atoms with E-state index in [1.165, 1.54) is 38.6 Å². The van der Waals surface area contributed by atoms with Gasteiger partial charge in [0.15, 0.2) is 0 Å². The van der Waals surface area contributed by atoms with Crippen LogP contribution in [0.2, 0.25) is 0 Å². The van der Waals surface area contributed by atoms with Crippen LogP contribution in [0.3, 0.4) is 0 Å². The molecule has 0 amide bonds. The molecule has 102 valence electrons. The van der Waals surface area contributed by atoms with Crippen molar-refractivity contribution in [2.24, 2.45) is 11.7 Å². The van der Waals surface area contributed by atoms with E-state index < -0.39 is 0 Å². The highest BCUT2D eigenvalue weighted by atomic mass is 16.5. The van der Waals surface area contributed by atoms with Crippen molar-refractivity contribution in [2.75, 3.05) is 26.8 Å². The molecule has 3 heteroatoms. The van der Waals surface area contributed by atoms with Gasteiger partial charge in [0.05, 0.1) is 6.61 Å². The van der Waals surface area contributed by atoms with E-state index in [0.29, 0.717) is 12.0 Å². The Morgan fingerprint density at radius 2 is 2.18 bits per heavy atom. The lowest BCUT2D eigenvalue weighted by atomic mass is 9.92. The Labute approximate surface area is 107 Å². The lowest BCUT2D eigenvalue weighted by Gasteiger charge is -2.43. The fraction of sp³-hybridized carbons (Fsp3) is 1.00. The van der Waals surface area contributed by atoms with Gasteiger partial charge in [0, 0.05) is 25.7 Å². The molecule has 0 bridgehead atoms. The number of hydrogen-bond donors (Lipinski definition) is 1. The van der Waals surface area contributed by atoms with Crippen molar-refractivity contribution in [1.82, 2.24) is 4.90 Å². The van der Waals surface area contributed by atoms with E-state index in [2.05, 4.69) is 18.7 Å². The van der Waals surface area contributed by atoms with Gasteiger partial charge >= 0.3 is 0 Å². The molecular formula is C14H30N2O. The molecule has 3 unspecified atom stereocenters. The van der Waals surface area contributed by atoms with Crippen molar-refractivity contribution < 1.29 is 4.74 Å². The molecule has 1 aliphatic rings. The van der Waals surface area contributed by atoms with E-state index in [-0.39, 0.29) is 0 Å². The third-order valence-electron chi connectivity index (χ3n) is 4.05. The van der Waals surface area contributed by atoms with Crippen LogP contribution in [-0.2, 0) is 4.74 Å². The molecule has 1 fully saturated rings. The Morgan fingerprint density at radius 3 is 2.76 bits per heavy atom. The molecule has 0 aliphatic carbocycles. The summed E-state index contributed by atoms with van der Waals surface area (Å²) in [6.45, 7) is 7.34. The first-order valence-corrected chi connectivity index (χ1v) is 7.19. The quantitative estimate of drug-likeness (QED) is 0.744. The average molecular weight is 242 g/mol. The maximum absolute atomic E-state index is 6.00. The summed E-state index contributed by atoms with van der Waals surface area (Å²) in [7, 11) is 1.78. The number of rotatable bonds is 7. The molecule has 17 heavy (non-hydrogen) atoms. The molecule has 0 aromatic carbocycles. The lowest BCUT2D eigenvalue weighted by molar-refractivity contribution is 0.0358. The second-order valence-electron chi connectivity index (χ2n) is 5.41. The Kier molecular flexibility index (Phi) is 7.09. The van der Waals surface area contributed by atoms with Gasteiger partial charge in [-0.05, 0) is 31.7 Å². The molecule has 0 radical (unpaired) electrons. The zero-order valence-electron chi connectivity index (χ0n) is 11.8. The van der Waals surface area contributed by atoms with Gasteiger partial charge in [-0.25, -0.2) is 0 Å². The first-order chi connectivity index (χ1) is 8.24. The first-order valence-electron chi connectivity index (χ1n) is 7.19. The highest BCUT2D eigenvalue weighted by molar-refractivity contribution is 4.86. The monoisotopic (exact) mass is 242 g/mol. The first kappa shape index (κ1) is 14.9. The molecule has 0 saturated carbocycles. The number of hydrogen-bond acceptors (Lipinski definition) is 3. The van der Waals surface area contributed by atoms with Crippen LogP contribution in [-0.4, -0.2) is 43.8 Å². The summed E-state index contributed by atoms with van der Waals surface area (Å²) in [6, 6.07) is 1.24. The predicted octanol–water partition coefficient (Wildman–Crippen LogP) is 2.25. The van der Waals surface area contributed by atoms with Crippen molar-refractivity contribution in [3.8, 4) is 0 Å². The molecule has 1 aliphatic heterocycles. The van der Waals surface area contributed by atoms with Crippen LogP contribution >= 0.6 is 0 Å². The summed E-state index contributed by atoms with van der Waals surface area (Å²) in [4.78, 5) is 2.66. The minimum Gasteiger partial charge on any atom is -0.384 e. The SMILES string of the molecule is CCCC1CCCCN1C(CN)C(C)COC. The van der Waals surface area contributed by atoms with Gasteiger partial charge in [0.25, 0.3) is 0 Å². The maximum Gasteiger partial charge on any atom is 0.0503 e. The second-order valence-corrected chi connectivity index (χ2v) is 5.41. The minimum absolute atomic E-state index is 0.492. The summed E-state index contributed by atoms with van der Waals surface area (Å²) < 4.78 is 5.29. The van der Waals surface area contributed by atoms with E-state index in [4.69, 9.17) is 10.5 Å². The van der Waals surface area contributed by atoms with Crippen LogP contribution in [0.25, 0.3) is 0 Å². The van der Waals surface area contributed by atoms with Crippen molar-refractivity contribution >= 4 is 0 Å². The minimum atomic E-state index is 0.492. The van der Waals surface area contributed by atoms with Gasteiger partial charge in [-0.2, -0.15) is 0 Å². The molecule has 1 heterocycles. The number of methoxy groups -OCH3 is 1. The smallest absolute Gasteiger partial charge is 0.0503 e. The zero-order valence-corrected chi connectivity index (χ0v) is 11.8. The lowest BCUT2D eigenvalue weighted by Crippen LogP contribution is -2.52. The highest BCUT2D eigenvalue weighted by Gasteiger charge is 2.30. The van der Waals surface area contributed by atoms with Crippen LogP contribution in [0.15, 0.2) is 0 Å². The third kappa shape index (κ3) is 4.23. The maximum atomic E-state index is 6.00. The largest absolute Gasteiger partial charge is 0.384 e. The van der Waals surface area contributed by atoms with Gasteiger partial charge in [0.1, 0.15) is 0 Å². The summed E-state index contributed by atoms with van der Waals surface area (Å²) in [5.41, 5.74) is 6.00. The molecule has 1 saturated heterocycles. The predicted molar refractivity (Wildman–Crippen MR) is 73.1 cm³/mol. The van der Waals surface area contributed by atoms with Gasteiger partial charge in [0.2, 0.25) is 0 Å². The van der Waals surface area contributed by atoms with Gasteiger partial charge in [-0.3, -0.25) is 4.90 Å². The fourth-order valence-electron chi connectivity index (χ4n) is 3.17. The molecule has 0 aromatic rings. The van der Waals surface area contributed by atoms with E-state index >= 15 is 0 Å². The Balaban J connectivity index is 2.62. The third-order valence-corrected chi connectivity index (χ3v) is 4.05. The Morgan fingerprint density at radius 1 is 1.41 bits per heavy atom. The van der Waals surface area contributed by atoms with Gasteiger partial charge < -0.3 is 10.5 Å². The van der Waals surface area contributed by atoms with E-state index in [9.17, 15) is 0 Å². The summed E-state index contributed by atoms with van der Waals surface area (Å²) in [5, 5.41) is 0. The topological polar surface area (TPSA) is 38.5 Å². The van der Waals surface area contributed by atoms with E-state index in [1.807, 2.05) is 0 Å². The van der Waals surface area contributed by atoms with Crippen molar-refractivity contribution in [1.29, 1.82) is 0 Å². The second kappa shape index (κ2) is 8.06. The van der Waals surface area contributed by atoms with E-state index in [0.717, 1.165) is 19.2 Å². The van der Waals surface area contributed by atoms with Crippen LogP contribution in [0, 0.1) is 5.92 Å². The van der Waals surface area contributed by atoms with Gasteiger partial charge in [-0.1, -0.05) is 26.7 Å². The molecule has 2 N–H and O–H groups in total. The highest BCUT2D eigenvalue weighted by Crippen LogP contribution is 2.25. The molecule has 1 rings (SSSR count). The number of nitrogens with two attached hydrogens (primary N) is 1.